The van der Waals surface area contributed by atoms with Gasteiger partial charge in [0.15, 0.2) is 0 Å². The van der Waals surface area contributed by atoms with Crippen LogP contribution in [0.25, 0.3) is 0 Å². The zero-order valence-corrected chi connectivity index (χ0v) is 11.4. The number of amides is 4. The highest BCUT2D eigenvalue weighted by molar-refractivity contribution is 6.08. The fourth-order valence-electron chi connectivity index (χ4n) is 1.72. The van der Waals surface area contributed by atoms with Gasteiger partial charge in [-0.2, -0.15) is 0 Å². The monoisotopic (exact) mass is 301 g/mol. The molecule has 0 spiro atoms. The molecule has 0 aromatic rings. The van der Waals surface area contributed by atoms with E-state index >= 15 is 0 Å². The fraction of sp³-hybridized carbons (Fsp3) is 0.545. The normalized spacial score (nSPS) is 18.1. The van der Waals surface area contributed by atoms with Crippen LogP contribution in [-0.2, 0) is 19.2 Å². The summed E-state index contributed by atoms with van der Waals surface area (Å²) in [5, 5.41) is 21.6. The Morgan fingerprint density at radius 2 is 1.86 bits per heavy atom. The SMILES string of the molecule is CC1(C)NC(=O)N(CC(=O)N[C@H](CC(=O)O)C(=O)O)C1=O. The lowest BCUT2D eigenvalue weighted by Crippen LogP contribution is -2.48. The van der Waals surface area contributed by atoms with Crippen LogP contribution < -0.4 is 10.6 Å². The third-order valence-corrected chi connectivity index (χ3v) is 2.76. The Morgan fingerprint density at radius 1 is 1.29 bits per heavy atom. The van der Waals surface area contributed by atoms with Gasteiger partial charge in [0, 0.05) is 0 Å². The Kier molecular flexibility index (Phi) is 4.51. The summed E-state index contributed by atoms with van der Waals surface area (Å²) in [5.41, 5.74) is -1.15. The molecule has 0 saturated carbocycles. The molecule has 0 aliphatic carbocycles. The van der Waals surface area contributed by atoms with E-state index in [1.165, 1.54) is 13.8 Å². The third kappa shape index (κ3) is 3.91. The molecule has 4 amide bonds. The standard InChI is InChI=1S/C11H15N3O7/c1-11(2)9(20)14(10(21)13-11)4-6(15)12-5(8(18)19)3-7(16)17/h5H,3-4H2,1-2H3,(H,12,15)(H,13,21)(H,16,17)(H,18,19)/t5-/m1/s1. The van der Waals surface area contributed by atoms with E-state index in [2.05, 4.69) is 5.32 Å². The van der Waals surface area contributed by atoms with Crippen LogP contribution in [-0.4, -0.2) is 63.0 Å². The van der Waals surface area contributed by atoms with Gasteiger partial charge in [-0.1, -0.05) is 0 Å². The minimum absolute atomic E-state index is 0.632. The predicted molar refractivity (Wildman–Crippen MR) is 66.1 cm³/mol. The quantitative estimate of drug-likeness (QED) is 0.429. The number of hydrogen-bond donors (Lipinski definition) is 4. The topological polar surface area (TPSA) is 153 Å². The maximum Gasteiger partial charge on any atom is 0.326 e. The predicted octanol–water partition coefficient (Wildman–Crippen LogP) is -1.64. The zero-order valence-electron chi connectivity index (χ0n) is 11.4. The van der Waals surface area contributed by atoms with Crippen molar-refractivity contribution in [1.29, 1.82) is 0 Å². The van der Waals surface area contributed by atoms with Crippen LogP contribution in [0.5, 0.6) is 0 Å². The van der Waals surface area contributed by atoms with E-state index in [0.29, 0.717) is 4.90 Å². The van der Waals surface area contributed by atoms with Crippen molar-refractivity contribution in [2.24, 2.45) is 0 Å². The molecule has 10 heteroatoms. The summed E-state index contributed by atoms with van der Waals surface area (Å²) in [6.07, 6.45) is -0.813. The number of hydrogen-bond acceptors (Lipinski definition) is 5. The molecule has 1 saturated heterocycles. The second kappa shape index (κ2) is 5.77. The Bertz CT molecular complexity index is 514. The average molecular weight is 301 g/mol. The van der Waals surface area contributed by atoms with E-state index in [4.69, 9.17) is 10.2 Å². The third-order valence-electron chi connectivity index (χ3n) is 2.76. The van der Waals surface area contributed by atoms with Crippen LogP contribution in [0.15, 0.2) is 0 Å². The number of urea groups is 1. The fourth-order valence-corrected chi connectivity index (χ4v) is 1.72. The maximum atomic E-state index is 11.8. The second-order valence-electron chi connectivity index (χ2n) is 5.00. The summed E-state index contributed by atoms with van der Waals surface area (Å²) >= 11 is 0. The summed E-state index contributed by atoms with van der Waals surface area (Å²) < 4.78 is 0. The molecule has 21 heavy (non-hydrogen) atoms. The Balaban J connectivity index is 2.69. The van der Waals surface area contributed by atoms with E-state index in [1.807, 2.05) is 5.32 Å². The molecule has 1 rings (SSSR count). The molecular formula is C11H15N3O7. The first kappa shape index (κ1) is 16.4. The summed E-state index contributed by atoms with van der Waals surface area (Å²) in [7, 11) is 0. The lowest BCUT2D eigenvalue weighted by atomic mass is 10.1. The van der Waals surface area contributed by atoms with Gasteiger partial charge in [0.05, 0.1) is 6.42 Å². The van der Waals surface area contributed by atoms with Crippen molar-refractivity contribution >= 4 is 29.8 Å². The number of carboxylic acids is 2. The minimum Gasteiger partial charge on any atom is -0.481 e. The van der Waals surface area contributed by atoms with Gasteiger partial charge in [-0.25, -0.2) is 9.59 Å². The number of imide groups is 1. The highest BCUT2D eigenvalue weighted by atomic mass is 16.4. The van der Waals surface area contributed by atoms with Gasteiger partial charge in [0.25, 0.3) is 5.91 Å². The van der Waals surface area contributed by atoms with Crippen LogP contribution in [0.2, 0.25) is 0 Å². The minimum atomic E-state index is -1.64. The van der Waals surface area contributed by atoms with Crippen molar-refractivity contribution in [3.63, 3.8) is 0 Å². The molecule has 1 aliphatic heterocycles. The van der Waals surface area contributed by atoms with E-state index in [1.54, 1.807) is 0 Å². The van der Waals surface area contributed by atoms with Gasteiger partial charge in [-0.05, 0) is 13.8 Å². The Hall–Kier alpha value is -2.65. The molecule has 0 aromatic heterocycles. The van der Waals surface area contributed by atoms with Crippen LogP contribution in [0.1, 0.15) is 20.3 Å². The Morgan fingerprint density at radius 3 is 2.24 bits per heavy atom. The van der Waals surface area contributed by atoms with E-state index < -0.39 is 54.3 Å². The number of carbonyl (C=O) groups is 5. The molecule has 0 bridgehead atoms. The van der Waals surface area contributed by atoms with Crippen LogP contribution in [0.4, 0.5) is 4.79 Å². The molecule has 0 radical (unpaired) electrons. The molecule has 1 heterocycles. The van der Waals surface area contributed by atoms with Gasteiger partial charge in [0.1, 0.15) is 18.1 Å². The van der Waals surface area contributed by atoms with Crippen LogP contribution in [0, 0.1) is 0 Å². The second-order valence-corrected chi connectivity index (χ2v) is 5.00. The molecule has 1 aliphatic rings. The number of nitrogens with zero attached hydrogens (tertiary/aromatic N) is 1. The average Bonchev–Trinajstić information content (AvgIpc) is 2.50. The molecule has 4 N–H and O–H groups in total. The molecule has 10 nitrogen and oxygen atoms in total. The number of rotatable bonds is 6. The zero-order chi connectivity index (χ0) is 16.4. The smallest absolute Gasteiger partial charge is 0.326 e. The summed E-state index contributed by atoms with van der Waals surface area (Å²) in [4.78, 5) is 56.9. The molecular weight excluding hydrogens is 286 g/mol. The van der Waals surface area contributed by atoms with Crippen molar-refractivity contribution in [1.82, 2.24) is 15.5 Å². The van der Waals surface area contributed by atoms with Gasteiger partial charge < -0.3 is 20.8 Å². The molecule has 1 atom stereocenters. The highest BCUT2D eigenvalue weighted by Gasteiger charge is 2.45. The molecule has 0 unspecified atom stereocenters. The van der Waals surface area contributed by atoms with Crippen molar-refractivity contribution in [2.45, 2.75) is 31.8 Å². The van der Waals surface area contributed by atoms with Crippen molar-refractivity contribution in [3.05, 3.63) is 0 Å². The lowest BCUT2D eigenvalue weighted by molar-refractivity contribution is -0.147. The maximum absolute atomic E-state index is 11.8. The van der Waals surface area contributed by atoms with Gasteiger partial charge in [-0.15, -0.1) is 0 Å². The van der Waals surface area contributed by atoms with Crippen LogP contribution >= 0.6 is 0 Å². The van der Waals surface area contributed by atoms with Crippen LogP contribution in [0.3, 0.4) is 0 Å². The first-order valence-corrected chi connectivity index (χ1v) is 5.92. The summed E-state index contributed by atoms with van der Waals surface area (Å²) in [5.74, 6) is -4.50. The molecule has 1 fully saturated rings. The first-order valence-electron chi connectivity index (χ1n) is 5.92. The number of aliphatic carboxylic acids is 2. The van der Waals surface area contributed by atoms with E-state index in [0.717, 1.165) is 0 Å². The highest BCUT2D eigenvalue weighted by Crippen LogP contribution is 2.15. The van der Waals surface area contributed by atoms with Crippen molar-refractivity contribution in [2.75, 3.05) is 6.54 Å². The number of nitrogens with one attached hydrogen (secondary N) is 2. The Labute approximate surface area is 119 Å². The lowest BCUT2D eigenvalue weighted by Gasteiger charge is -2.17. The number of carbonyl (C=O) groups excluding carboxylic acids is 3. The summed E-state index contributed by atoms with van der Waals surface area (Å²) in [6.45, 7) is 2.22. The van der Waals surface area contributed by atoms with Crippen molar-refractivity contribution in [3.8, 4) is 0 Å². The number of carboxylic acid groups (broad SMARTS) is 2. The van der Waals surface area contributed by atoms with Crippen molar-refractivity contribution < 1.29 is 34.2 Å². The summed E-state index contributed by atoms with van der Waals surface area (Å²) in [6, 6.07) is -2.41. The van der Waals surface area contributed by atoms with Gasteiger partial charge in [-0.3, -0.25) is 19.3 Å². The van der Waals surface area contributed by atoms with E-state index in [-0.39, 0.29) is 0 Å². The first-order chi connectivity index (χ1) is 9.54. The largest absolute Gasteiger partial charge is 0.481 e. The van der Waals surface area contributed by atoms with Gasteiger partial charge in [0.2, 0.25) is 5.91 Å². The van der Waals surface area contributed by atoms with Gasteiger partial charge >= 0.3 is 18.0 Å². The molecule has 116 valence electrons. The molecule has 0 aromatic carbocycles. The van der Waals surface area contributed by atoms with E-state index in [9.17, 15) is 24.0 Å².